The molecule has 1 amide bonds. The van der Waals surface area contributed by atoms with Crippen molar-refractivity contribution in [2.75, 3.05) is 6.54 Å². The SMILES string of the molecule is CCN(Cc1cnc2ccccn12)C(=O)c1ccc(=O)n(C)n1. The molecule has 0 aliphatic rings. The standard InChI is InChI=1S/C16H17N5O2/c1-3-20(16(23)13-7-8-15(22)19(2)18-13)11-12-10-17-14-6-4-5-9-21(12)14/h4-10H,3,11H2,1-2H3. The van der Waals surface area contributed by atoms with Crippen molar-refractivity contribution < 1.29 is 4.79 Å². The van der Waals surface area contributed by atoms with Crippen LogP contribution in [0.1, 0.15) is 23.1 Å². The molecule has 0 bridgehead atoms. The molecule has 0 saturated carbocycles. The average molecular weight is 311 g/mol. The minimum atomic E-state index is -0.244. The third-order valence-corrected chi connectivity index (χ3v) is 3.70. The van der Waals surface area contributed by atoms with Gasteiger partial charge in [-0.05, 0) is 25.1 Å². The molecule has 0 aliphatic heterocycles. The van der Waals surface area contributed by atoms with Crippen molar-refractivity contribution in [1.82, 2.24) is 24.1 Å². The monoisotopic (exact) mass is 311 g/mol. The van der Waals surface area contributed by atoms with Crippen molar-refractivity contribution in [3.63, 3.8) is 0 Å². The number of aryl methyl sites for hydroxylation is 1. The highest BCUT2D eigenvalue weighted by molar-refractivity contribution is 5.92. The van der Waals surface area contributed by atoms with Gasteiger partial charge in [0.25, 0.3) is 11.5 Å². The van der Waals surface area contributed by atoms with Crippen LogP contribution in [0.5, 0.6) is 0 Å². The molecule has 0 unspecified atom stereocenters. The van der Waals surface area contributed by atoms with Crippen LogP contribution in [0, 0.1) is 0 Å². The van der Waals surface area contributed by atoms with Crippen molar-refractivity contribution in [3.05, 3.63) is 64.5 Å². The molecular weight excluding hydrogens is 294 g/mol. The summed E-state index contributed by atoms with van der Waals surface area (Å²) in [6.45, 7) is 2.86. The molecule has 0 aliphatic carbocycles. The van der Waals surface area contributed by atoms with Gasteiger partial charge in [0, 0.05) is 25.9 Å². The van der Waals surface area contributed by atoms with Crippen LogP contribution in [-0.2, 0) is 13.6 Å². The van der Waals surface area contributed by atoms with E-state index in [1.54, 1.807) is 11.1 Å². The van der Waals surface area contributed by atoms with E-state index < -0.39 is 0 Å². The number of aromatic nitrogens is 4. The highest BCUT2D eigenvalue weighted by Crippen LogP contribution is 2.11. The fourth-order valence-electron chi connectivity index (χ4n) is 2.40. The van der Waals surface area contributed by atoms with Gasteiger partial charge in [0.15, 0.2) is 0 Å². The van der Waals surface area contributed by atoms with Crippen LogP contribution in [0.2, 0.25) is 0 Å². The van der Waals surface area contributed by atoms with Gasteiger partial charge in [-0.3, -0.25) is 9.59 Å². The average Bonchev–Trinajstić information content (AvgIpc) is 2.97. The number of nitrogens with zero attached hydrogens (tertiary/aromatic N) is 5. The van der Waals surface area contributed by atoms with Crippen LogP contribution in [0.15, 0.2) is 47.5 Å². The number of carbonyl (C=O) groups is 1. The van der Waals surface area contributed by atoms with Crippen LogP contribution < -0.4 is 5.56 Å². The van der Waals surface area contributed by atoms with E-state index in [9.17, 15) is 9.59 Å². The molecule has 0 atom stereocenters. The smallest absolute Gasteiger partial charge is 0.274 e. The Hall–Kier alpha value is -2.96. The number of carbonyl (C=O) groups excluding carboxylic acids is 1. The van der Waals surface area contributed by atoms with Gasteiger partial charge in [-0.2, -0.15) is 5.10 Å². The van der Waals surface area contributed by atoms with Gasteiger partial charge in [0.05, 0.1) is 18.4 Å². The third kappa shape index (κ3) is 2.85. The van der Waals surface area contributed by atoms with E-state index in [2.05, 4.69) is 10.1 Å². The van der Waals surface area contributed by atoms with E-state index >= 15 is 0 Å². The molecule has 7 heteroatoms. The van der Waals surface area contributed by atoms with Crippen molar-refractivity contribution in [2.24, 2.45) is 7.05 Å². The zero-order chi connectivity index (χ0) is 16.4. The van der Waals surface area contributed by atoms with Crippen molar-refractivity contribution in [1.29, 1.82) is 0 Å². The molecule has 0 aromatic carbocycles. The van der Waals surface area contributed by atoms with Gasteiger partial charge in [-0.25, -0.2) is 9.67 Å². The number of rotatable bonds is 4. The summed E-state index contributed by atoms with van der Waals surface area (Å²) < 4.78 is 3.11. The first-order chi connectivity index (χ1) is 11.1. The van der Waals surface area contributed by atoms with Gasteiger partial charge in [-0.15, -0.1) is 0 Å². The lowest BCUT2D eigenvalue weighted by Crippen LogP contribution is -2.33. The zero-order valence-corrected chi connectivity index (χ0v) is 13.0. The Morgan fingerprint density at radius 1 is 1.26 bits per heavy atom. The molecule has 118 valence electrons. The highest BCUT2D eigenvalue weighted by atomic mass is 16.2. The molecule has 3 heterocycles. The lowest BCUT2D eigenvalue weighted by molar-refractivity contribution is 0.0741. The lowest BCUT2D eigenvalue weighted by atomic mass is 10.3. The topological polar surface area (TPSA) is 72.5 Å². The maximum atomic E-state index is 12.6. The Bertz CT molecular complexity index is 912. The minimum Gasteiger partial charge on any atom is -0.332 e. The van der Waals surface area contributed by atoms with Gasteiger partial charge in [-0.1, -0.05) is 6.07 Å². The van der Waals surface area contributed by atoms with Crippen molar-refractivity contribution in [2.45, 2.75) is 13.5 Å². The summed E-state index contributed by atoms with van der Waals surface area (Å²) >= 11 is 0. The molecule has 3 aromatic rings. The summed E-state index contributed by atoms with van der Waals surface area (Å²) in [5.41, 5.74) is 1.76. The van der Waals surface area contributed by atoms with Crippen LogP contribution in [0.3, 0.4) is 0 Å². The normalized spacial score (nSPS) is 10.9. The first kappa shape index (κ1) is 15.0. The third-order valence-electron chi connectivity index (χ3n) is 3.70. The quantitative estimate of drug-likeness (QED) is 0.723. The largest absolute Gasteiger partial charge is 0.332 e. The van der Waals surface area contributed by atoms with Gasteiger partial charge in [0.2, 0.25) is 0 Å². The maximum Gasteiger partial charge on any atom is 0.274 e. The fourth-order valence-corrected chi connectivity index (χ4v) is 2.40. The number of hydrogen-bond acceptors (Lipinski definition) is 4. The van der Waals surface area contributed by atoms with Crippen LogP contribution >= 0.6 is 0 Å². The Morgan fingerprint density at radius 2 is 2.09 bits per heavy atom. The summed E-state index contributed by atoms with van der Waals surface area (Å²) in [5.74, 6) is -0.214. The molecule has 0 N–H and O–H groups in total. The molecule has 7 nitrogen and oxygen atoms in total. The molecule has 0 spiro atoms. The molecule has 0 fully saturated rings. The summed E-state index contributed by atoms with van der Waals surface area (Å²) in [6, 6.07) is 8.56. The first-order valence-corrected chi connectivity index (χ1v) is 7.34. The number of fused-ring (bicyclic) bond motifs is 1. The fraction of sp³-hybridized carbons (Fsp3) is 0.250. The minimum absolute atomic E-state index is 0.214. The Morgan fingerprint density at radius 3 is 2.83 bits per heavy atom. The van der Waals surface area contributed by atoms with E-state index in [1.165, 1.54) is 19.2 Å². The van der Waals surface area contributed by atoms with E-state index in [1.807, 2.05) is 35.7 Å². The summed E-state index contributed by atoms with van der Waals surface area (Å²) in [7, 11) is 1.53. The molecular formula is C16H17N5O2. The molecule has 0 saturated heterocycles. The highest BCUT2D eigenvalue weighted by Gasteiger charge is 2.18. The van der Waals surface area contributed by atoms with Gasteiger partial charge in [0.1, 0.15) is 11.3 Å². The van der Waals surface area contributed by atoms with E-state index in [0.29, 0.717) is 13.1 Å². The Kier molecular flexibility index (Phi) is 3.92. The Labute approximate surface area is 132 Å². The van der Waals surface area contributed by atoms with Crippen LogP contribution in [0.4, 0.5) is 0 Å². The molecule has 0 radical (unpaired) electrons. The second-order valence-corrected chi connectivity index (χ2v) is 5.18. The Balaban J connectivity index is 1.88. The van der Waals surface area contributed by atoms with E-state index in [4.69, 9.17) is 0 Å². The lowest BCUT2D eigenvalue weighted by Gasteiger charge is -2.20. The van der Waals surface area contributed by atoms with Gasteiger partial charge >= 0.3 is 0 Å². The predicted molar refractivity (Wildman–Crippen MR) is 85.1 cm³/mol. The molecule has 3 rings (SSSR count). The number of imidazole rings is 1. The van der Waals surface area contributed by atoms with E-state index in [-0.39, 0.29) is 17.2 Å². The molecule has 23 heavy (non-hydrogen) atoms. The summed E-state index contributed by atoms with van der Waals surface area (Å²) in [5, 5.41) is 4.02. The van der Waals surface area contributed by atoms with Crippen molar-refractivity contribution in [3.8, 4) is 0 Å². The van der Waals surface area contributed by atoms with Crippen molar-refractivity contribution >= 4 is 11.6 Å². The van der Waals surface area contributed by atoms with E-state index in [0.717, 1.165) is 16.0 Å². The summed E-state index contributed by atoms with van der Waals surface area (Å²) in [6.07, 6.45) is 3.68. The number of amides is 1. The second-order valence-electron chi connectivity index (χ2n) is 5.18. The zero-order valence-electron chi connectivity index (χ0n) is 13.0. The predicted octanol–water partition coefficient (Wildman–Crippen LogP) is 1.09. The number of pyridine rings is 1. The first-order valence-electron chi connectivity index (χ1n) is 7.34. The number of hydrogen-bond donors (Lipinski definition) is 0. The van der Waals surface area contributed by atoms with Gasteiger partial charge < -0.3 is 9.30 Å². The summed E-state index contributed by atoms with van der Waals surface area (Å²) in [4.78, 5) is 30.0. The maximum absolute atomic E-state index is 12.6. The molecule has 3 aromatic heterocycles. The van der Waals surface area contributed by atoms with Crippen LogP contribution in [-0.4, -0.2) is 36.5 Å². The van der Waals surface area contributed by atoms with Crippen LogP contribution in [0.25, 0.3) is 5.65 Å². The second kappa shape index (κ2) is 6.04.